The van der Waals surface area contributed by atoms with Crippen LogP contribution in [-0.4, -0.2) is 49.6 Å². The van der Waals surface area contributed by atoms with Crippen LogP contribution in [0.5, 0.6) is 0 Å². The molecule has 2 atom stereocenters. The summed E-state index contributed by atoms with van der Waals surface area (Å²) < 4.78 is 26.3. The maximum atomic E-state index is 13.3. The van der Waals surface area contributed by atoms with Crippen LogP contribution in [0.3, 0.4) is 0 Å². The largest absolute Gasteiger partial charge is 0.304 e. The third-order valence-corrected chi connectivity index (χ3v) is 4.04. The molecule has 1 saturated heterocycles. The lowest BCUT2D eigenvalue weighted by Crippen LogP contribution is -2.51. The monoisotopic (exact) mass is 284 g/mol. The van der Waals surface area contributed by atoms with E-state index in [0.29, 0.717) is 11.6 Å². The zero-order chi connectivity index (χ0) is 14.7. The lowest BCUT2D eigenvalue weighted by molar-refractivity contribution is 0.101. The first-order valence-electron chi connectivity index (χ1n) is 6.81. The summed E-state index contributed by atoms with van der Waals surface area (Å²) >= 11 is 0. The molecular weight excluding hydrogens is 262 g/mol. The minimum atomic E-state index is -0.836. The number of piperazine rings is 1. The Kier molecular flexibility index (Phi) is 5.04. The van der Waals surface area contributed by atoms with Gasteiger partial charge in [0, 0.05) is 31.7 Å². The summed E-state index contributed by atoms with van der Waals surface area (Å²) in [6.45, 7) is 2.98. The van der Waals surface area contributed by atoms with Crippen molar-refractivity contribution in [2.45, 2.75) is 18.5 Å². The van der Waals surface area contributed by atoms with Gasteiger partial charge in [-0.1, -0.05) is 6.07 Å². The molecule has 1 aliphatic rings. The molecule has 1 aromatic carbocycles. The minimum Gasteiger partial charge on any atom is -0.304 e. The summed E-state index contributed by atoms with van der Waals surface area (Å²) in [6, 6.07) is 4.08. The van der Waals surface area contributed by atoms with Crippen LogP contribution in [0.15, 0.2) is 18.2 Å². The fourth-order valence-corrected chi connectivity index (χ4v) is 2.66. The second-order valence-electron chi connectivity index (χ2n) is 5.53. The molecule has 1 aliphatic heterocycles. The van der Waals surface area contributed by atoms with Crippen molar-refractivity contribution in [2.24, 2.45) is 5.84 Å². The van der Waals surface area contributed by atoms with Crippen molar-refractivity contribution in [1.29, 1.82) is 0 Å². The quantitative estimate of drug-likeness (QED) is 0.642. The molecule has 0 amide bonds. The molecular formula is C14H22F2N4. The first kappa shape index (κ1) is 15.3. The lowest BCUT2D eigenvalue weighted by Gasteiger charge is -2.39. The molecule has 2 rings (SSSR count). The molecule has 112 valence electrons. The van der Waals surface area contributed by atoms with E-state index in [-0.39, 0.29) is 6.04 Å². The van der Waals surface area contributed by atoms with Gasteiger partial charge in [0.25, 0.3) is 0 Å². The van der Waals surface area contributed by atoms with Crippen LogP contribution in [0.25, 0.3) is 0 Å². The number of hydrogen-bond acceptors (Lipinski definition) is 4. The molecule has 0 radical (unpaired) electrons. The minimum absolute atomic E-state index is 0.191. The molecule has 0 aliphatic carbocycles. The van der Waals surface area contributed by atoms with E-state index in [0.717, 1.165) is 32.1 Å². The standard InChI is InChI=1S/C14H22F2N4/c1-19-5-6-20(2)11(9-19)8-14(18-17)10-3-4-12(15)13(16)7-10/h3-4,7,11,14,18H,5-6,8-9,17H2,1-2H3. The number of rotatable bonds is 4. The molecule has 3 N–H and O–H groups in total. The van der Waals surface area contributed by atoms with Gasteiger partial charge < -0.3 is 9.80 Å². The lowest BCUT2D eigenvalue weighted by atomic mass is 9.97. The summed E-state index contributed by atoms with van der Waals surface area (Å²) in [7, 11) is 4.17. The second-order valence-corrected chi connectivity index (χ2v) is 5.53. The SMILES string of the molecule is CN1CCN(C)C(CC(NN)c2ccc(F)c(F)c2)C1. The van der Waals surface area contributed by atoms with Crippen molar-refractivity contribution < 1.29 is 8.78 Å². The van der Waals surface area contributed by atoms with Crippen molar-refractivity contribution in [2.75, 3.05) is 33.7 Å². The summed E-state index contributed by atoms with van der Waals surface area (Å²) in [5.41, 5.74) is 3.39. The Morgan fingerprint density at radius 1 is 1.30 bits per heavy atom. The third-order valence-electron chi connectivity index (χ3n) is 4.04. The molecule has 2 unspecified atom stereocenters. The van der Waals surface area contributed by atoms with Gasteiger partial charge in [-0.15, -0.1) is 0 Å². The predicted molar refractivity (Wildman–Crippen MR) is 75.0 cm³/mol. The first-order valence-corrected chi connectivity index (χ1v) is 6.81. The van der Waals surface area contributed by atoms with Gasteiger partial charge in [0.2, 0.25) is 0 Å². The van der Waals surface area contributed by atoms with Gasteiger partial charge in [0.15, 0.2) is 11.6 Å². The number of nitrogens with one attached hydrogen (secondary N) is 1. The van der Waals surface area contributed by atoms with Crippen LogP contribution in [0, 0.1) is 11.6 Å². The van der Waals surface area contributed by atoms with E-state index < -0.39 is 11.6 Å². The molecule has 1 fully saturated rings. The highest BCUT2D eigenvalue weighted by molar-refractivity contribution is 5.21. The molecule has 6 heteroatoms. The van der Waals surface area contributed by atoms with Crippen molar-refractivity contribution >= 4 is 0 Å². The predicted octanol–water partition coefficient (Wildman–Crippen LogP) is 1.11. The highest BCUT2D eigenvalue weighted by atomic mass is 19.2. The second kappa shape index (κ2) is 6.58. The Bertz CT molecular complexity index is 455. The number of likely N-dealkylation sites (N-methyl/N-ethyl adjacent to an activating group) is 2. The van der Waals surface area contributed by atoms with Gasteiger partial charge in [0.05, 0.1) is 0 Å². The Labute approximate surface area is 118 Å². The summed E-state index contributed by atoms with van der Waals surface area (Å²) in [5.74, 6) is 3.92. The Morgan fingerprint density at radius 2 is 2.05 bits per heavy atom. The molecule has 4 nitrogen and oxygen atoms in total. The van der Waals surface area contributed by atoms with E-state index in [1.165, 1.54) is 6.07 Å². The van der Waals surface area contributed by atoms with Crippen molar-refractivity contribution in [3.05, 3.63) is 35.4 Å². The maximum Gasteiger partial charge on any atom is 0.159 e. The topological polar surface area (TPSA) is 44.5 Å². The van der Waals surface area contributed by atoms with Crippen LogP contribution in [0.4, 0.5) is 8.78 Å². The van der Waals surface area contributed by atoms with Crippen molar-refractivity contribution in [3.63, 3.8) is 0 Å². The number of nitrogens with zero attached hydrogens (tertiary/aromatic N) is 2. The van der Waals surface area contributed by atoms with Crippen LogP contribution in [0.2, 0.25) is 0 Å². The smallest absolute Gasteiger partial charge is 0.159 e. The average Bonchev–Trinajstić information content (AvgIpc) is 2.43. The van der Waals surface area contributed by atoms with Crippen molar-refractivity contribution in [1.82, 2.24) is 15.2 Å². The number of hydrogen-bond donors (Lipinski definition) is 2. The summed E-state index contributed by atoms with van der Waals surface area (Å²) in [6.07, 6.45) is 0.752. The van der Waals surface area contributed by atoms with Crippen LogP contribution in [0.1, 0.15) is 18.0 Å². The molecule has 1 heterocycles. The fourth-order valence-electron chi connectivity index (χ4n) is 2.66. The van der Waals surface area contributed by atoms with Gasteiger partial charge in [-0.25, -0.2) is 8.78 Å². The van der Waals surface area contributed by atoms with E-state index in [1.54, 1.807) is 6.07 Å². The van der Waals surface area contributed by atoms with Gasteiger partial charge in [-0.05, 0) is 38.2 Å². The Hall–Kier alpha value is -1.08. The Balaban J connectivity index is 2.09. The van der Waals surface area contributed by atoms with E-state index in [4.69, 9.17) is 5.84 Å². The van der Waals surface area contributed by atoms with Crippen molar-refractivity contribution in [3.8, 4) is 0 Å². The third kappa shape index (κ3) is 3.52. The number of nitrogens with two attached hydrogens (primary N) is 1. The Morgan fingerprint density at radius 3 is 2.70 bits per heavy atom. The molecule has 0 bridgehead atoms. The average molecular weight is 284 g/mol. The summed E-state index contributed by atoms with van der Waals surface area (Å²) in [4.78, 5) is 4.55. The van der Waals surface area contributed by atoms with Gasteiger partial charge >= 0.3 is 0 Å². The van der Waals surface area contributed by atoms with Gasteiger partial charge in [0.1, 0.15) is 0 Å². The summed E-state index contributed by atoms with van der Waals surface area (Å²) in [5, 5.41) is 0. The van der Waals surface area contributed by atoms with Crippen LogP contribution in [-0.2, 0) is 0 Å². The normalized spacial score (nSPS) is 22.9. The number of halogens is 2. The van der Waals surface area contributed by atoms with Gasteiger partial charge in [-0.3, -0.25) is 11.3 Å². The zero-order valence-corrected chi connectivity index (χ0v) is 11.9. The van der Waals surface area contributed by atoms with Crippen LogP contribution < -0.4 is 11.3 Å². The first-order chi connectivity index (χ1) is 9.51. The van der Waals surface area contributed by atoms with Gasteiger partial charge in [-0.2, -0.15) is 0 Å². The molecule has 1 aromatic rings. The molecule has 20 heavy (non-hydrogen) atoms. The molecule has 0 spiro atoms. The number of hydrazine groups is 1. The van der Waals surface area contributed by atoms with E-state index >= 15 is 0 Å². The zero-order valence-electron chi connectivity index (χ0n) is 11.9. The molecule has 0 aromatic heterocycles. The molecule has 0 saturated carbocycles. The highest BCUT2D eigenvalue weighted by Gasteiger charge is 2.25. The van der Waals surface area contributed by atoms with E-state index in [2.05, 4.69) is 29.3 Å². The van der Waals surface area contributed by atoms with E-state index in [1.807, 2.05) is 0 Å². The highest BCUT2D eigenvalue weighted by Crippen LogP contribution is 2.23. The number of benzene rings is 1. The fraction of sp³-hybridized carbons (Fsp3) is 0.571. The van der Waals surface area contributed by atoms with E-state index in [9.17, 15) is 8.78 Å². The maximum absolute atomic E-state index is 13.3. The van der Waals surface area contributed by atoms with Crippen LogP contribution >= 0.6 is 0 Å².